The Kier molecular flexibility index (Phi) is 6.27. The van der Waals surface area contributed by atoms with Crippen molar-refractivity contribution in [2.24, 2.45) is 0 Å². The Morgan fingerprint density at radius 2 is 1.88 bits per heavy atom. The first-order valence-electron chi connectivity index (χ1n) is 10.1. The number of carbonyl (C=O) groups is 2. The van der Waals surface area contributed by atoms with Gasteiger partial charge in [-0.1, -0.05) is 12.1 Å². The van der Waals surface area contributed by atoms with Gasteiger partial charge in [-0.3, -0.25) is 9.59 Å². The molecule has 0 saturated carbocycles. The van der Waals surface area contributed by atoms with Crippen molar-refractivity contribution >= 4 is 39.1 Å². The predicted octanol–water partition coefficient (Wildman–Crippen LogP) is 3.78. The molecule has 0 aliphatic rings. The van der Waals surface area contributed by atoms with Crippen LogP contribution in [0.25, 0.3) is 21.5 Å². The number of aromatic nitrogens is 3. The van der Waals surface area contributed by atoms with Crippen LogP contribution in [-0.4, -0.2) is 33.2 Å². The van der Waals surface area contributed by atoms with Crippen LogP contribution >= 0.6 is 11.3 Å². The van der Waals surface area contributed by atoms with Crippen LogP contribution in [0.5, 0.6) is 0 Å². The minimum absolute atomic E-state index is 0.187. The quantitative estimate of drug-likeness (QED) is 0.434. The van der Waals surface area contributed by atoms with Crippen LogP contribution in [0.1, 0.15) is 22.3 Å². The standard InChI is InChI=1S/C23H19FN4O4S/c1-3-32-23(31)16-6-4-5-7-17(16)26-18(29)12-28-22(30)20-21(33-13(2)25-20)19(27-28)14-8-10-15(24)11-9-14/h4-11H,3,12H2,1-2H3,(H,26,29). The van der Waals surface area contributed by atoms with Crippen molar-refractivity contribution in [2.75, 3.05) is 11.9 Å². The van der Waals surface area contributed by atoms with Crippen molar-refractivity contribution in [1.82, 2.24) is 14.8 Å². The van der Waals surface area contributed by atoms with Crippen molar-refractivity contribution < 1.29 is 18.7 Å². The molecule has 0 atom stereocenters. The van der Waals surface area contributed by atoms with Gasteiger partial charge in [0.2, 0.25) is 5.91 Å². The summed E-state index contributed by atoms with van der Waals surface area (Å²) in [7, 11) is 0. The highest BCUT2D eigenvalue weighted by Gasteiger charge is 2.19. The Balaban J connectivity index is 1.69. The average Bonchev–Trinajstić information content (AvgIpc) is 3.19. The number of anilines is 1. The van der Waals surface area contributed by atoms with Crippen LogP contribution in [0, 0.1) is 12.7 Å². The van der Waals surface area contributed by atoms with Gasteiger partial charge in [-0.05, 0) is 50.2 Å². The van der Waals surface area contributed by atoms with Crippen molar-refractivity contribution in [1.29, 1.82) is 0 Å². The van der Waals surface area contributed by atoms with E-state index in [2.05, 4.69) is 15.4 Å². The lowest BCUT2D eigenvalue weighted by molar-refractivity contribution is -0.117. The first-order valence-corrected chi connectivity index (χ1v) is 10.9. The van der Waals surface area contributed by atoms with Crippen molar-refractivity contribution in [3.8, 4) is 11.3 Å². The molecule has 1 amide bonds. The molecule has 2 aromatic heterocycles. The van der Waals surface area contributed by atoms with Gasteiger partial charge >= 0.3 is 5.97 Å². The topological polar surface area (TPSA) is 103 Å². The number of nitrogens with zero attached hydrogens (tertiary/aromatic N) is 3. The molecule has 0 fully saturated rings. The summed E-state index contributed by atoms with van der Waals surface area (Å²) in [5, 5.41) is 7.69. The maximum absolute atomic E-state index is 13.4. The second-order valence-corrected chi connectivity index (χ2v) is 8.25. The Bertz CT molecular complexity index is 1410. The number of hydrogen-bond donors (Lipinski definition) is 1. The minimum Gasteiger partial charge on any atom is -0.462 e. The fourth-order valence-electron chi connectivity index (χ4n) is 3.27. The highest BCUT2D eigenvalue weighted by molar-refractivity contribution is 7.19. The van der Waals surface area contributed by atoms with Crippen LogP contribution in [-0.2, 0) is 16.1 Å². The number of thiazole rings is 1. The molecule has 0 aliphatic heterocycles. The number of rotatable bonds is 6. The predicted molar refractivity (Wildman–Crippen MR) is 123 cm³/mol. The summed E-state index contributed by atoms with van der Waals surface area (Å²) in [6, 6.07) is 12.1. The van der Waals surface area contributed by atoms with Crippen LogP contribution in [0.15, 0.2) is 53.3 Å². The Hall–Kier alpha value is -3.92. The van der Waals surface area contributed by atoms with E-state index in [1.807, 2.05) is 0 Å². The lowest BCUT2D eigenvalue weighted by atomic mass is 10.1. The third-order valence-electron chi connectivity index (χ3n) is 4.71. The molecule has 1 N–H and O–H groups in total. The smallest absolute Gasteiger partial charge is 0.340 e. The number of amides is 1. The number of halogens is 1. The van der Waals surface area contributed by atoms with Crippen LogP contribution < -0.4 is 10.9 Å². The minimum atomic E-state index is -0.568. The molecular weight excluding hydrogens is 447 g/mol. The molecular formula is C23H19FN4O4S. The van der Waals surface area contributed by atoms with E-state index in [1.165, 1.54) is 29.5 Å². The molecule has 0 aliphatic carbocycles. The molecule has 4 aromatic rings. The molecule has 10 heteroatoms. The number of para-hydroxylation sites is 1. The van der Waals surface area contributed by atoms with E-state index in [-0.39, 0.29) is 23.4 Å². The summed E-state index contributed by atoms with van der Waals surface area (Å²) >= 11 is 1.30. The number of benzene rings is 2. The van der Waals surface area contributed by atoms with Gasteiger partial charge in [-0.15, -0.1) is 11.3 Å². The molecule has 0 bridgehead atoms. The summed E-state index contributed by atoms with van der Waals surface area (Å²) in [5.74, 6) is -1.53. The van der Waals surface area contributed by atoms with Gasteiger partial charge < -0.3 is 10.1 Å². The Morgan fingerprint density at radius 1 is 1.15 bits per heavy atom. The van der Waals surface area contributed by atoms with Gasteiger partial charge in [0.15, 0.2) is 5.52 Å². The van der Waals surface area contributed by atoms with Gasteiger partial charge in [-0.2, -0.15) is 5.10 Å². The third-order valence-corrected chi connectivity index (χ3v) is 5.69. The zero-order valence-electron chi connectivity index (χ0n) is 17.8. The molecule has 8 nitrogen and oxygen atoms in total. The van der Waals surface area contributed by atoms with E-state index in [1.54, 1.807) is 44.2 Å². The first kappa shape index (κ1) is 22.3. The number of aryl methyl sites for hydroxylation is 1. The molecule has 4 rings (SSSR count). The van der Waals surface area contributed by atoms with E-state index >= 15 is 0 Å². The first-order chi connectivity index (χ1) is 15.9. The van der Waals surface area contributed by atoms with Crippen molar-refractivity contribution in [3.05, 3.63) is 75.3 Å². The summed E-state index contributed by atoms with van der Waals surface area (Å²) in [6.45, 7) is 3.24. The van der Waals surface area contributed by atoms with Gasteiger partial charge in [0.25, 0.3) is 5.56 Å². The Morgan fingerprint density at radius 3 is 2.61 bits per heavy atom. The second-order valence-electron chi connectivity index (χ2n) is 7.04. The fraction of sp³-hybridized carbons (Fsp3) is 0.174. The second kappa shape index (κ2) is 9.29. The van der Waals surface area contributed by atoms with Crippen molar-refractivity contribution in [3.63, 3.8) is 0 Å². The molecule has 168 valence electrons. The number of fused-ring (bicyclic) bond motifs is 1. The molecule has 33 heavy (non-hydrogen) atoms. The lowest BCUT2D eigenvalue weighted by Crippen LogP contribution is -2.30. The maximum Gasteiger partial charge on any atom is 0.340 e. The van der Waals surface area contributed by atoms with Crippen molar-refractivity contribution in [2.45, 2.75) is 20.4 Å². The molecule has 0 saturated heterocycles. The third kappa shape index (κ3) is 4.65. The molecule has 0 radical (unpaired) electrons. The zero-order valence-corrected chi connectivity index (χ0v) is 18.6. The number of ether oxygens (including phenoxy) is 1. The van der Waals surface area contributed by atoms with Gasteiger partial charge in [-0.25, -0.2) is 18.9 Å². The van der Waals surface area contributed by atoms with E-state index in [4.69, 9.17) is 4.74 Å². The van der Waals surface area contributed by atoms with Gasteiger partial charge in [0.1, 0.15) is 18.1 Å². The highest BCUT2D eigenvalue weighted by atomic mass is 32.1. The number of nitrogens with one attached hydrogen (secondary N) is 1. The molecule has 0 unspecified atom stereocenters. The van der Waals surface area contributed by atoms with E-state index in [9.17, 15) is 18.8 Å². The average molecular weight is 466 g/mol. The van der Waals surface area contributed by atoms with Gasteiger partial charge in [0, 0.05) is 5.56 Å². The van der Waals surface area contributed by atoms with Gasteiger partial charge in [0.05, 0.1) is 27.6 Å². The normalized spacial score (nSPS) is 10.9. The summed E-state index contributed by atoms with van der Waals surface area (Å²) < 4.78 is 20.0. The Labute approximate surface area is 191 Å². The summed E-state index contributed by atoms with van der Waals surface area (Å²) in [6.07, 6.45) is 0. The summed E-state index contributed by atoms with van der Waals surface area (Å²) in [4.78, 5) is 42.2. The zero-order chi connectivity index (χ0) is 23.5. The van der Waals surface area contributed by atoms with E-state index < -0.39 is 29.8 Å². The molecule has 2 aromatic carbocycles. The molecule has 0 spiro atoms. The van der Waals surface area contributed by atoms with Crippen LogP contribution in [0.3, 0.4) is 0 Å². The SMILES string of the molecule is CCOC(=O)c1ccccc1NC(=O)Cn1nc(-c2ccc(F)cc2)c2sc(C)nc2c1=O. The van der Waals surface area contributed by atoms with Crippen LogP contribution in [0.4, 0.5) is 10.1 Å². The highest BCUT2D eigenvalue weighted by Crippen LogP contribution is 2.29. The fourth-order valence-corrected chi connectivity index (χ4v) is 4.19. The number of hydrogen-bond acceptors (Lipinski definition) is 7. The maximum atomic E-state index is 13.4. The molecule has 2 heterocycles. The largest absolute Gasteiger partial charge is 0.462 e. The summed E-state index contributed by atoms with van der Waals surface area (Å²) in [5.41, 5.74) is 1.14. The number of carbonyl (C=O) groups excluding carboxylic acids is 2. The lowest BCUT2D eigenvalue weighted by Gasteiger charge is -2.12. The number of esters is 1. The van der Waals surface area contributed by atoms with E-state index in [0.717, 1.165) is 4.68 Å². The monoisotopic (exact) mass is 466 g/mol. The van der Waals surface area contributed by atoms with Crippen LogP contribution in [0.2, 0.25) is 0 Å². The van der Waals surface area contributed by atoms with E-state index in [0.29, 0.717) is 21.0 Å².